The van der Waals surface area contributed by atoms with Crippen molar-refractivity contribution in [2.45, 2.75) is 32.6 Å². The number of aromatic nitrogens is 1. The van der Waals surface area contributed by atoms with Gasteiger partial charge in [-0.25, -0.2) is 0 Å². The molecular weight excluding hydrogens is 218 g/mol. The molecule has 0 aliphatic carbocycles. The van der Waals surface area contributed by atoms with Gasteiger partial charge < -0.3 is 4.98 Å². The predicted octanol–water partition coefficient (Wildman–Crippen LogP) is 5.22. The zero-order valence-corrected chi connectivity index (χ0v) is 11.0. The summed E-state index contributed by atoms with van der Waals surface area (Å²) in [6, 6.07) is 15.4. The van der Waals surface area contributed by atoms with E-state index in [0.717, 1.165) is 0 Å². The third-order valence-corrected chi connectivity index (χ3v) is 3.82. The van der Waals surface area contributed by atoms with Crippen molar-refractivity contribution in [1.82, 2.24) is 4.98 Å². The van der Waals surface area contributed by atoms with Gasteiger partial charge in [0.05, 0.1) is 0 Å². The van der Waals surface area contributed by atoms with E-state index in [-0.39, 0.29) is 0 Å². The number of hydrogen-bond acceptors (Lipinski definition) is 0. The smallest absolute Gasteiger partial charge is 0.0465 e. The van der Waals surface area contributed by atoms with Gasteiger partial charge in [0, 0.05) is 21.8 Å². The monoisotopic (exact) mass is 237 g/mol. The Bertz CT molecular complexity index is 678. The summed E-state index contributed by atoms with van der Waals surface area (Å²) in [6.45, 7) is 4.57. The lowest BCUT2D eigenvalue weighted by Crippen LogP contribution is -1.92. The van der Waals surface area contributed by atoms with E-state index in [9.17, 15) is 0 Å². The van der Waals surface area contributed by atoms with Crippen LogP contribution in [0.25, 0.3) is 21.8 Å². The van der Waals surface area contributed by atoms with Gasteiger partial charge in [-0.05, 0) is 36.1 Å². The summed E-state index contributed by atoms with van der Waals surface area (Å²) in [4.78, 5) is 3.48. The zero-order valence-electron chi connectivity index (χ0n) is 11.0. The average Bonchev–Trinajstić information content (AvgIpc) is 2.76. The van der Waals surface area contributed by atoms with Crippen LogP contribution >= 0.6 is 0 Å². The van der Waals surface area contributed by atoms with Crippen LogP contribution in [-0.2, 0) is 0 Å². The Morgan fingerprint density at radius 1 is 1.00 bits per heavy atom. The zero-order chi connectivity index (χ0) is 12.5. The SMILES string of the molecule is CCCC(C)c1ccc2[nH]c3ccccc3c2c1. The van der Waals surface area contributed by atoms with Gasteiger partial charge in [-0.15, -0.1) is 0 Å². The molecule has 1 heterocycles. The summed E-state index contributed by atoms with van der Waals surface area (Å²) in [7, 11) is 0. The Morgan fingerprint density at radius 2 is 1.78 bits per heavy atom. The van der Waals surface area contributed by atoms with Crippen LogP contribution < -0.4 is 0 Å². The number of aromatic amines is 1. The standard InChI is InChI=1S/C17H19N/c1-3-6-12(2)13-9-10-17-15(11-13)14-7-4-5-8-16(14)18-17/h4-5,7-12,18H,3,6H2,1-2H3. The molecule has 1 nitrogen and oxygen atoms in total. The average molecular weight is 237 g/mol. The van der Waals surface area contributed by atoms with Crippen LogP contribution in [0.2, 0.25) is 0 Å². The third kappa shape index (κ3) is 1.80. The first-order valence-electron chi connectivity index (χ1n) is 6.80. The highest BCUT2D eigenvalue weighted by molar-refractivity contribution is 6.07. The number of benzene rings is 2. The largest absolute Gasteiger partial charge is 0.355 e. The summed E-state index contributed by atoms with van der Waals surface area (Å²) >= 11 is 0. The van der Waals surface area contributed by atoms with Crippen molar-refractivity contribution in [3.05, 3.63) is 48.0 Å². The first-order chi connectivity index (χ1) is 8.79. The third-order valence-electron chi connectivity index (χ3n) is 3.82. The lowest BCUT2D eigenvalue weighted by molar-refractivity contribution is 0.665. The minimum Gasteiger partial charge on any atom is -0.355 e. The van der Waals surface area contributed by atoms with Crippen LogP contribution in [0.3, 0.4) is 0 Å². The molecule has 1 aromatic heterocycles. The molecule has 92 valence electrons. The van der Waals surface area contributed by atoms with Crippen molar-refractivity contribution in [1.29, 1.82) is 0 Å². The molecular formula is C17H19N. The molecule has 0 saturated heterocycles. The van der Waals surface area contributed by atoms with Crippen molar-refractivity contribution in [2.24, 2.45) is 0 Å². The van der Waals surface area contributed by atoms with E-state index in [0.29, 0.717) is 5.92 Å². The van der Waals surface area contributed by atoms with Crippen LogP contribution in [0.15, 0.2) is 42.5 Å². The predicted molar refractivity (Wildman–Crippen MR) is 79.1 cm³/mol. The topological polar surface area (TPSA) is 15.8 Å². The summed E-state index contributed by atoms with van der Waals surface area (Å²) < 4.78 is 0. The summed E-state index contributed by atoms with van der Waals surface area (Å²) in [5.74, 6) is 0.646. The summed E-state index contributed by atoms with van der Waals surface area (Å²) in [5, 5.41) is 2.68. The molecule has 0 saturated carbocycles. The number of hydrogen-bond donors (Lipinski definition) is 1. The Balaban J connectivity index is 2.18. The van der Waals surface area contributed by atoms with E-state index in [2.05, 4.69) is 61.3 Å². The highest BCUT2D eigenvalue weighted by atomic mass is 14.7. The number of nitrogens with one attached hydrogen (secondary N) is 1. The molecule has 1 atom stereocenters. The molecule has 3 rings (SSSR count). The van der Waals surface area contributed by atoms with Crippen molar-refractivity contribution in [3.63, 3.8) is 0 Å². The van der Waals surface area contributed by atoms with Crippen molar-refractivity contribution in [2.75, 3.05) is 0 Å². The van der Waals surface area contributed by atoms with Crippen LogP contribution in [-0.4, -0.2) is 4.98 Å². The van der Waals surface area contributed by atoms with E-state index in [1.165, 1.54) is 40.2 Å². The maximum Gasteiger partial charge on any atom is 0.0465 e. The summed E-state index contributed by atoms with van der Waals surface area (Å²) in [6.07, 6.45) is 2.50. The number of H-pyrrole nitrogens is 1. The highest BCUT2D eigenvalue weighted by Gasteiger charge is 2.08. The number of rotatable bonds is 3. The van der Waals surface area contributed by atoms with Gasteiger partial charge >= 0.3 is 0 Å². The van der Waals surface area contributed by atoms with E-state index in [4.69, 9.17) is 0 Å². The molecule has 18 heavy (non-hydrogen) atoms. The Morgan fingerprint density at radius 3 is 2.61 bits per heavy atom. The van der Waals surface area contributed by atoms with Gasteiger partial charge in [0.1, 0.15) is 0 Å². The Hall–Kier alpha value is -1.76. The van der Waals surface area contributed by atoms with Crippen LogP contribution in [0.5, 0.6) is 0 Å². The first-order valence-corrected chi connectivity index (χ1v) is 6.80. The highest BCUT2D eigenvalue weighted by Crippen LogP contribution is 2.29. The molecule has 0 spiro atoms. The molecule has 0 radical (unpaired) electrons. The van der Waals surface area contributed by atoms with Crippen LogP contribution in [0, 0.1) is 0 Å². The van der Waals surface area contributed by atoms with Crippen LogP contribution in [0.1, 0.15) is 38.2 Å². The fourth-order valence-corrected chi connectivity index (χ4v) is 2.77. The second-order valence-electron chi connectivity index (χ2n) is 5.17. The molecule has 1 N–H and O–H groups in total. The van der Waals surface area contributed by atoms with E-state index >= 15 is 0 Å². The van der Waals surface area contributed by atoms with Gasteiger partial charge in [0.2, 0.25) is 0 Å². The van der Waals surface area contributed by atoms with Crippen molar-refractivity contribution in [3.8, 4) is 0 Å². The molecule has 0 aliphatic heterocycles. The fourth-order valence-electron chi connectivity index (χ4n) is 2.77. The van der Waals surface area contributed by atoms with Gasteiger partial charge in [0.25, 0.3) is 0 Å². The second kappa shape index (κ2) is 4.49. The van der Waals surface area contributed by atoms with Crippen molar-refractivity contribution < 1.29 is 0 Å². The molecule has 1 unspecified atom stereocenters. The quantitative estimate of drug-likeness (QED) is 0.642. The van der Waals surface area contributed by atoms with Gasteiger partial charge in [-0.1, -0.05) is 44.5 Å². The molecule has 0 fully saturated rings. The van der Waals surface area contributed by atoms with Gasteiger partial charge in [-0.2, -0.15) is 0 Å². The Kier molecular flexibility index (Phi) is 2.83. The van der Waals surface area contributed by atoms with Crippen LogP contribution in [0.4, 0.5) is 0 Å². The molecule has 1 heteroatoms. The van der Waals surface area contributed by atoms with Gasteiger partial charge in [-0.3, -0.25) is 0 Å². The maximum absolute atomic E-state index is 3.48. The van der Waals surface area contributed by atoms with Crippen molar-refractivity contribution >= 4 is 21.8 Å². The Labute approximate surface area is 108 Å². The van der Waals surface area contributed by atoms with Gasteiger partial charge in [0.15, 0.2) is 0 Å². The molecule has 3 aromatic rings. The first kappa shape index (κ1) is 11.3. The normalized spacial score (nSPS) is 13.2. The second-order valence-corrected chi connectivity index (χ2v) is 5.17. The number of fused-ring (bicyclic) bond motifs is 3. The van der Waals surface area contributed by atoms with E-state index < -0.39 is 0 Å². The fraction of sp³-hybridized carbons (Fsp3) is 0.294. The number of para-hydroxylation sites is 1. The lowest BCUT2D eigenvalue weighted by Gasteiger charge is -2.10. The van der Waals surface area contributed by atoms with E-state index in [1.54, 1.807) is 0 Å². The lowest BCUT2D eigenvalue weighted by atomic mass is 9.95. The summed E-state index contributed by atoms with van der Waals surface area (Å²) in [5.41, 5.74) is 3.92. The molecule has 2 aromatic carbocycles. The maximum atomic E-state index is 3.48. The minimum absolute atomic E-state index is 0.646. The molecule has 0 aliphatic rings. The molecule has 0 bridgehead atoms. The minimum atomic E-state index is 0.646. The molecule has 0 amide bonds. The van der Waals surface area contributed by atoms with E-state index in [1.807, 2.05) is 0 Å².